The summed E-state index contributed by atoms with van der Waals surface area (Å²) in [6, 6.07) is 14.4. The van der Waals surface area contributed by atoms with Crippen LogP contribution in [0.4, 0.5) is 0 Å². The third-order valence-corrected chi connectivity index (χ3v) is 6.01. The highest BCUT2D eigenvalue weighted by molar-refractivity contribution is 7.80. The lowest BCUT2D eigenvalue weighted by atomic mass is 9.97. The second kappa shape index (κ2) is 8.53. The second-order valence-electron chi connectivity index (χ2n) is 7.97. The molecule has 1 aliphatic rings. The summed E-state index contributed by atoms with van der Waals surface area (Å²) in [6.07, 6.45) is 3.68. The monoisotopic (exact) mass is 420 g/mol. The maximum Gasteiger partial charge on any atom is 0.170 e. The van der Waals surface area contributed by atoms with Gasteiger partial charge in [-0.1, -0.05) is 12.1 Å². The maximum atomic E-state index is 5.77. The number of pyridine rings is 2. The van der Waals surface area contributed by atoms with Crippen molar-refractivity contribution in [2.24, 2.45) is 0 Å². The number of nitrogens with one attached hydrogen (secondary N) is 1. The Morgan fingerprint density at radius 1 is 1.07 bits per heavy atom. The molecule has 0 spiro atoms. The molecule has 7 heteroatoms. The minimum absolute atomic E-state index is 0.00135. The Hall–Kier alpha value is -2.77. The number of aromatic nitrogens is 3. The molecule has 0 amide bonds. The smallest absolute Gasteiger partial charge is 0.170 e. The highest BCUT2D eigenvalue weighted by atomic mass is 32.1. The molecule has 0 aliphatic carbocycles. The summed E-state index contributed by atoms with van der Waals surface area (Å²) in [5.41, 5.74) is 4.59. The fourth-order valence-electron chi connectivity index (χ4n) is 4.22. The molecule has 1 aliphatic heterocycles. The van der Waals surface area contributed by atoms with Crippen molar-refractivity contribution in [1.82, 2.24) is 29.7 Å². The molecule has 0 radical (unpaired) electrons. The van der Waals surface area contributed by atoms with Crippen molar-refractivity contribution in [3.8, 4) is 5.82 Å². The van der Waals surface area contributed by atoms with E-state index in [9.17, 15) is 0 Å². The van der Waals surface area contributed by atoms with E-state index in [4.69, 9.17) is 12.2 Å². The average Bonchev–Trinajstić information content (AvgIpc) is 3.22. The van der Waals surface area contributed by atoms with Crippen LogP contribution in [0.5, 0.6) is 0 Å². The van der Waals surface area contributed by atoms with Gasteiger partial charge in [0.2, 0.25) is 0 Å². The molecular formula is C23H28N6S. The van der Waals surface area contributed by atoms with Crippen LogP contribution in [0, 0.1) is 13.8 Å². The molecule has 2 atom stereocenters. The van der Waals surface area contributed by atoms with E-state index in [1.165, 1.54) is 11.3 Å². The minimum atomic E-state index is -0.00135. The van der Waals surface area contributed by atoms with Gasteiger partial charge in [0.25, 0.3) is 0 Å². The lowest BCUT2D eigenvalue weighted by Gasteiger charge is -2.29. The van der Waals surface area contributed by atoms with E-state index in [1.807, 2.05) is 42.7 Å². The summed E-state index contributed by atoms with van der Waals surface area (Å²) in [7, 11) is 4.18. The van der Waals surface area contributed by atoms with Crippen molar-refractivity contribution in [2.75, 3.05) is 27.2 Å². The molecule has 4 heterocycles. The molecule has 6 nitrogen and oxygen atoms in total. The second-order valence-corrected chi connectivity index (χ2v) is 8.36. The van der Waals surface area contributed by atoms with E-state index < -0.39 is 0 Å². The first-order valence-corrected chi connectivity index (χ1v) is 10.6. The Kier molecular flexibility index (Phi) is 5.83. The molecule has 156 valence electrons. The molecule has 1 N–H and O–H groups in total. The molecule has 30 heavy (non-hydrogen) atoms. The van der Waals surface area contributed by atoms with Crippen molar-refractivity contribution in [3.63, 3.8) is 0 Å². The Labute approximate surface area is 183 Å². The average molecular weight is 421 g/mol. The van der Waals surface area contributed by atoms with Crippen molar-refractivity contribution in [2.45, 2.75) is 25.9 Å². The molecule has 1 saturated heterocycles. The van der Waals surface area contributed by atoms with E-state index in [2.05, 4.69) is 69.7 Å². The first-order valence-electron chi connectivity index (χ1n) is 10.2. The topological polar surface area (TPSA) is 49.2 Å². The Balaban J connectivity index is 1.80. The standard InChI is InChI=1S/C23H28N6S/c1-16-15-18(17(2)29(16)20-10-6-8-12-25-20)22-21(19-9-5-7-11-24-19)26-23(30)28(22)14-13-27(3)4/h5-12,15,21-22H,13-14H2,1-4H3,(H,26,30)/t21-,22-/m0/s1. The molecular weight excluding hydrogens is 392 g/mol. The Morgan fingerprint density at radius 3 is 2.43 bits per heavy atom. The third-order valence-electron chi connectivity index (χ3n) is 5.65. The quantitative estimate of drug-likeness (QED) is 0.617. The van der Waals surface area contributed by atoms with Crippen LogP contribution in [0.25, 0.3) is 5.82 Å². The molecule has 3 aromatic rings. The zero-order chi connectivity index (χ0) is 21.3. The number of hydrogen-bond acceptors (Lipinski definition) is 4. The molecule has 0 bridgehead atoms. The first kappa shape index (κ1) is 20.5. The molecule has 0 saturated carbocycles. The van der Waals surface area contributed by atoms with Gasteiger partial charge < -0.3 is 19.7 Å². The lowest BCUT2D eigenvalue weighted by molar-refractivity contribution is 0.277. The third kappa shape index (κ3) is 3.82. The Bertz CT molecular complexity index is 1010. The molecule has 0 aromatic carbocycles. The molecule has 3 aromatic heterocycles. The summed E-state index contributed by atoms with van der Waals surface area (Å²) >= 11 is 5.77. The van der Waals surface area contributed by atoms with Gasteiger partial charge in [0.15, 0.2) is 5.11 Å². The zero-order valence-electron chi connectivity index (χ0n) is 17.9. The van der Waals surface area contributed by atoms with Crippen LogP contribution in [0.1, 0.15) is 34.7 Å². The minimum Gasteiger partial charge on any atom is -0.352 e. The fraction of sp³-hybridized carbons (Fsp3) is 0.348. The van der Waals surface area contributed by atoms with Crippen LogP contribution >= 0.6 is 12.2 Å². The van der Waals surface area contributed by atoms with Crippen molar-refractivity contribution in [3.05, 3.63) is 77.5 Å². The van der Waals surface area contributed by atoms with Gasteiger partial charge in [-0.3, -0.25) is 4.98 Å². The van der Waals surface area contributed by atoms with Gasteiger partial charge in [-0.2, -0.15) is 0 Å². The van der Waals surface area contributed by atoms with Crippen molar-refractivity contribution in [1.29, 1.82) is 0 Å². The highest BCUT2D eigenvalue weighted by Crippen LogP contribution is 2.41. The van der Waals surface area contributed by atoms with Crippen molar-refractivity contribution < 1.29 is 0 Å². The molecule has 0 unspecified atom stereocenters. The Morgan fingerprint density at radius 2 is 1.80 bits per heavy atom. The van der Waals surface area contributed by atoms with Gasteiger partial charge >= 0.3 is 0 Å². The maximum absolute atomic E-state index is 5.77. The van der Waals surface area contributed by atoms with Crippen LogP contribution in [0.2, 0.25) is 0 Å². The van der Waals surface area contributed by atoms with E-state index in [0.717, 1.165) is 35.4 Å². The number of likely N-dealkylation sites (N-methyl/N-ethyl adjacent to an activating group) is 1. The van der Waals surface area contributed by atoms with Crippen LogP contribution in [-0.4, -0.2) is 56.6 Å². The summed E-state index contributed by atoms with van der Waals surface area (Å²) in [4.78, 5) is 13.7. The van der Waals surface area contributed by atoms with E-state index in [0.29, 0.717) is 0 Å². The van der Waals surface area contributed by atoms with Crippen molar-refractivity contribution >= 4 is 17.3 Å². The zero-order valence-corrected chi connectivity index (χ0v) is 18.7. The van der Waals surface area contributed by atoms with Crippen LogP contribution in [0.3, 0.4) is 0 Å². The normalized spacial score (nSPS) is 18.8. The summed E-state index contributed by atoms with van der Waals surface area (Å²) in [5, 5.41) is 4.32. The van der Waals surface area contributed by atoms with Gasteiger partial charge in [0.1, 0.15) is 5.82 Å². The first-order chi connectivity index (χ1) is 14.5. The van der Waals surface area contributed by atoms with Gasteiger partial charge in [0, 0.05) is 36.9 Å². The number of aryl methyl sites for hydroxylation is 1. The summed E-state index contributed by atoms with van der Waals surface area (Å²) in [5.74, 6) is 0.932. The van der Waals surface area contributed by atoms with Crippen LogP contribution in [0.15, 0.2) is 54.9 Å². The predicted molar refractivity (Wildman–Crippen MR) is 124 cm³/mol. The molecule has 1 fully saturated rings. The van der Waals surface area contributed by atoms with E-state index >= 15 is 0 Å². The molecule has 4 rings (SSSR count). The summed E-state index contributed by atoms with van der Waals surface area (Å²) in [6.45, 7) is 6.07. The van der Waals surface area contributed by atoms with Gasteiger partial charge in [-0.15, -0.1) is 0 Å². The number of rotatable bonds is 6. The summed E-state index contributed by atoms with van der Waals surface area (Å²) < 4.78 is 2.22. The van der Waals surface area contributed by atoms with Crippen LogP contribution in [-0.2, 0) is 0 Å². The van der Waals surface area contributed by atoms with Gasteiger partial charge in [-0.05, 0) is 76.1 Å². The van der Waals surface area contributed by atoms with Crippen LogP contribution < -0.4 is 5.32 Å². The SMILES string of the molecule is Cc1cc([C@H]2[C@H](c3ccccn3)NC(=S)N2CCN(C)C)c(C)n1-c1ccccn1. The lowest BCUT2D eigenvalue weighted by Crippen LogP contribution is -2.35. The van der Waals surface area contributed by atoms with E-state index in [1.54, 1.807) is 0 Å². The van der Waals surface area contributed by atoms with Gasteiger partial charge in [0.05, 0.1) is 17.8 Å². The predicted octanol–water partition coefficient (Wildman–Crippen LogP) is 3.42. The number of thiocarbonyl (C=S) groups is 1. The van der Waals surface area contributed by atoms with Gasteiger partial charge in [-0.25, -0.2) is 4.98 Å². The number of nitrogens with zero attached hydrogens (tertiary/aromatic N) is 5. The highest BCUT2D eigenvalue weighted by Gasteiger charge is 2.41. The fourth-order valence-corrected chi connectivity index (χ4v) is 4.55. The largest absolute Gasteiger partial charge is 0.352 e. The van der Waals surface area contributed by atoms with E-state index in [-0.39, 0.29) is 12.1 Å². The number of hydrogen-bond donors (Lipinski definition) is 1.